The molecule has 0 atom stereocenters. The van der Waals surface area contributed by atoms with Gasteiger partial charge in [0.2, 0.25) is 0 Å². The van der Waals surface area contributed by atoms with Gasteiger partial charge >= 0.3 is 0 Å². The Kier molecular flexibility index (Phi) is 4.82. The third kappa shape index (κ3) is 3.94. The maximum absolute atomic E-state index is 6.18. The number of nitrogens with zero attached hydrogens (tertiary/aromatic N) is 2. The zero-order chi connectivity index (χ0) is 16.9. The third-order valence-corrected chi connectivity index (χ3v) is 3.65. The Hall–Kier alpha value is -2.79. The number of aryl methyl sites for hydroxylation is 1. The van der Waals surface area contributed by atoms with Crippen molar-refractivity contribution in [1.29, 1.82) is 0 Å². The van der Waals surface area contributed by atoms with Crippen LogP contribution in [-0.2, 0) is 0 Å². The van der Waals surface area contributed by atoms with Gasteiger partial charge in [-0.25, -0.2) is 9.97 Å². The maximum atomic E-state index is 6.18. The fourth-order valence-corrected chi connectivity index (χ4v) is 2.43. The molecule has 3 aromatic rings. The van der Waals surface area contributed by atoms with E-state index in [9.17, 15) is 0 Å². The average Bonchev–Trinajstić information content (AvgIpc) is 2.56. The molecule has 0 saturated carbocycles. The molecule has 0 radical (unpaired) electrons. The normalized spacial score (nSPS) is 10.3. The van der Waals surface area contributed by atoms with E-state index in [0.717, 1.165) is 17.1 Å². The summed E-state index contributed by atoms with van der Waals surface area (Å²) in [5.41, 5.74) is 1.68. The lowest BCUT2D eigenvalue weighted by Gasteiger charge is -2.11. The number of anilines is 4. The number of ether oxygens (including phenoxy) is 1. The van der Waals surface area contributed by atoms with Crippen molar-refractivity contribution >= 4 is 34.6 Å². The molecule has 1 heterocycles. The summed E-state index contributed by atoms with van der Waals surface area (Å²) in [6.07, 6.45) is 0. The molecule has 1 aromatic heterocycles. The molecule has 2 N–H and O–H groups in total. The number of benzene rings is 2. The minimum Gasteiger partial charge on any atom is -0.497 e. The monoisotopic (exact) mass is 340 g/mol. The van der Waals surface area contributed by atoms with Gasteiger partial charge in [0.15, 0.2) is 0 Å². The van der Waals surface area contributed by atoms with E-state index in [1.807, 2.05) is 61.5 Å². The van der Waals surface area contributed by atoms with E-state index in [4.69, 9.17) is 16.3 Å². The zero-order valence-electron chi connectivity index (χ0n) is 13.4. The van der Waals surface area contributed by atoms with Crippen molar-refractivity contribution in [3.05, 3.63) is 65.4 Å². The van der Waals surface area contributed by atoms with Gasteiger partial charge in [-0.1, -0.05) is 29.8 Å². The molecule has 0 spiro atoms. The Bertz CT molecular complexity index is 854. The topological polar surface area (TPSA) is 59.1 Å². The summed E-state index contributed by atoms with van der Waals surface area (Å²) in [7, 11) is 1.64. The van der Waals surface area contributed by atoms with Crippen LogP contribution in [0.4, 0.5) is 23.0 Å². The molecule has 0 amide bonds. The Labute approximate surface area is 145 Å². The van der Waals surface area contributed by atoms with Crippen LogP contribution >= 0.6 is 11.6 Å². The Balaban J connectivity index is 1.84. The predicted molar refractivity (Wildman–Crippen MR) is 97.8 cm³/mol. The molecule has 0 saturated heterocycles. The molecule has 0 aliphatic rings. The summed E-state index contributed by atoms with van der Waals surface area (Å²) in [6, 6.07) is 17.0. The second-order valence-corrected chi connectivity index (χ2v) is 5.55. The Morgan fingerprint density at radius 1 is 0.917 bits per heavy atom. The summed E-state index contributed by atoms with van der Waals surface area (Å²) in [5, 5.41) is 7.11. The van der Waals surface area contributed by atoms with Crippen molar-refractivity contribution in [2.45, 2.75) is 6.92 Å². The first-order valence-corrected chi connectivity index (χ1v) is 7.80. The van der Waals surface area contributed by atoms with Crippen LogP contribution < -0.4 is 15.4 Å². The first-order valence-electron chi connectivity index (χ1n) is 7.42. The van der Waals surface area contributed by atoms with Gasteiger partial charge in [-0.2, -0.15) is 0 Å². The van der Waals surface area contributed by atoms with Gasteiger partial charge in [0.25, 0.3) is 0 Å². The van der Waals surface area contributed by atoms with Crippen LogP contribution in [0.2, 0.25) is 5.02 Å². The summed E-state index contributed by atoms with van der Waals surface area (Å²) < 4.78 is 5.23. The van der Waals surface area contributed by atoms with Crippen LogP contribution in [0.25, 0.3) is 0 Å². The van der Waals surface area contributed by atoms with Gasteiger partial charge in [-0.05, 0) is 31.2 Å². The highest BCUT2D eigenvalue weighted by molar-refractivity contribution is 6.33. The second-order valence-electron chi connectivity index (χ2n) is 5.15. The fourth-order valence-electron chi connectivity index (χ4n) is 2.25. The highest BCUT2D eigenvalue weighted by Gasteiger charge is 2.05. The third-order valence-electron chi connectivity index (χ3n) is 3.32. The summed E-state index contributed by atoms with van der Waals surface area (Å²) in [4.78, 5) is 8.81. The molecule has 0 aliphatic heterocycles. The second kappa shape index (κ2) is 7.19. The van der Waals surface area contributed by atoms with Gasteiger partial charge in [0, 0.05) is 17.8 Å². The van der Waals surface area contributed by atoms with Crippen LogP contribution in [-0.4, -0.2) is 17.1 Å². The van der Waals surface area contributed by atoms with E-state index in [2.05, 4.69) is 20.6 Å². The number of rotatable bonds is 5. The van der Waals surface area contributed by atoms with Crippen LogP contribution in [0.5, 0.6) is 5.75 Å². The van der Waals surface area contributed by atoms with E-state index >= 15 is 0 Å². The molecule has 0 unspecified atom stereocenters. The number of aromatic nitrogens is 2. The van der Waals surface area contributed by atoms with Crippen LogP contribution in [0.15, 0.2) is 54.6 Å². The number of hydrogen-bond acceptors (Lipinski definition) is 5. The van der Waals surface area contributed by atoms with Crippen molar-refractivity contribution in [1.82, 2.24) is 9.97 Å². The number of para-hydroxylation sites is 1. The van der Waals surface area contributed by atoms with Crippen LogP contribution in [0.1, 0.15) is 5.82 Å². The van der Waals surface area contributed by atoms with E-state index in [1.165, 1.54) is 0 Å². The van der Waals surface area contributed by atoms with Crippen molar-refractivity contribution in [2.24, 2.45) is 0 Å². The molecule has 5 nitrogen and oxygen atoms in total. The van der Waals surface area contributed by atoms with Gasteiger partial charge in [0.05, 0.1) is 17.8 Å². The molecule has 0 aliphatic carbocycles. The molecule has 3 rings (SSSR count). The summed E-state index contributed by atoms with van der Waals surface area (Å²) in [5.74, 6) is 2.78. The van der Waals surface area contributed by atoms with E-state index in [1.54, 1.807) is 7.11 Å². The quantitative estimate of drug-likeness (QED) is 0.689. The first kappa shape index (κ1) is 16.1. The van der Waals surface area contributed by atoms with E-state index in [0.29, 0.717) is 22.5 Å². The van der Waals surface area contributed by atoms with Crippen molar-refractivity contribution in [2.75, 3.05) is 17.7 Å². The Morgan fingerprint density at radius 3 is 2.42 bits per heavy atom. The van der Waals surface area contributed by atoms with Gasteiger partial charge in [-0.15, -0.1) is 0 Å². The SMILES string of the molecule is COc1cccc(Nc2cc(Nc3ccccc3Cl)nc(C)n2)c1. The zero-order valence-corrected chi connectivity index (χ0v) is 14.1. The van der Waals surface area contributed by atoms with Crippen molar-refractivity contribution < 1.29 is 4.74 Å². The lowest BCUT2D eigenvalue weighted by molar-refractivity contribution is 0.415. The fraction of sp³-hybridized carbons (Fsp3) is 0.111. The van der Waals surface area contributed by atoms with Crippen molar-refractivity contribution in [3.63, 3.8) is 0 Å². The molecular formula is C18H17ClN4O. The molecule has 122 valence electrons. The standard InChI is InChI=1S/C18H17ClN4O/c1-12-20-17(22-13-6-5-7-14(10-13)24-2)11-18(21-12)23-16-9-4-3-8-15(16)19/h3-11H,1-2H3,(H2,20,21,22,23). The largest absolute Gasteiger partial charge is 0.497 e. The highest BCUT2D eigenvalue weighted by Crippen LogP contribution is 2.26. The minimum atomic E-state index is 0.635. The van der Waals surface area contributed by atoms with Gasteiger partial charge in [-0.3, -0.25) is 0 Å². The summed E-state index contributed by atoms with van der Waals surface area (Å²) >= 11 is 6.18. The molecule has 2 aromatic carbocycles. The Morgan fingerprint density at radius 2 is 1.67 bits per heavy atom. The first-order chi connectivity index (χ1) is 11.6. The smallest absolute Gasteiger partial charge is 0.136 e. The molecular weight excluding hydrogens is 324 g/mol. The van der Waals surface area contributed by atoms with Crippen LogP contribution in [0, 0.1) is 6.92 Å². The lowest BCUT2D eigenvalue weighted by Crippen LogP contribution is -2.01. The molecule has 0 bridgehead atoms. The number of nitrogens with one attached hydrogen (secondary N) is 2. The van der Waals surface area contributed by atoms with Gasteiger partial charge < -0.3 is 15.4 Å². The van der Waals surface area contributed by atoms with E-state index in [-0.39, 0.29) is 0 Å². The van der Waals surface area contributed by atoms with Crippen molar-refractivity contribution in [3.8, 4) is 5.75 Å². The number of hydrogen-bond donors (Lipinski definition) is 2. The van der Waals surface area contributed by atoms with Crippen LogP contribution in [0.3, 0.4) is 0 Å². The van der Waals surface area contributed by atoms with Gasteiger partial charge in [0.1, 0.15) is 23.2 Å². The molecule has 0 fully saturated rings. The molecule has 24 heavy (non-hydrogen) atoms. The lowest BCUT2D eigenvalue weighted by atomic mass is 10.3. The number of halogens is 1. The minimum absolute atomic E-state index is 0.635. The predicted octanol–water partition coefficient (Wildman–Crippen LogP) is 4.93. The maximum Gasteiger partial charge on any atom is 0.136 e. The van der Waals surface area contributed by atoms with E-state index < -0.39 is 0 Å². The number of methoxy groups -OCH3 is 1. The summed E-state index contributed by atoms with van der Waals surface area (Å²) in [6.45, 7) is 1.84. The average molecular weight is 341 g/mol. The molecule has 6 heteroatoms. The highest BCUT2D eigenvalue weighted by atomic mass is 35.5.